The van der Waals surface area contributed by atoms with E-state index in [1.54, 1.807) is 12.1 Å². The molecule has 0 aliphatic heterocycles. The molecule has 0 unspecified atom stereocenters. The van der Waals surface area contributed by atoms with Crippen molar-refractivity contribution in [3.63, 3.8) is 0 Å². The molecule has 2 rings (SSSR count). The van der Waals surface area contributed by atoms with Gasteiger partial charge in [0.2, 0.25) is 0 Å². The molecule has 0 radical (unpaired) electrons. The largest absolute Gasteiger partial charge is 0.418 e. The zero-order valence-corrected chi connectivity index (χ0v) is 10.5. The van der Waals surface area contributed by atoms with Gasteiger partial charge < -0.3 is 0 Å². The highest BCUT2D eigenvalue weighted by atomic mass is 32.1. The van der Waals surface area contributed by atoms with Gasteiger partial charge in [-0.1, -0.05) is 25.5 Å². The van der Waals surface area contributed by atoms with E-state index in [-0.39, 0.29) is 0 Å². The first-order chi connectivity index (χ1) is 7.93. The summed E-state index contributed by atoms with van der Waals surface area (Å²) in [5.74, 6) is 0. The molecule has 92 valence electrons. The van der Waals surface area contributed by atoms with Crippen LogP contribution < -0.4 is 0 Å². The van der Waals surface area contributed by atoms with E-state index in [0.29, 0.717) is 15.6 Å². The Balaban J connectivity index is 2.68. The molecule has 0 nitrogen and oxygen atoms in total. The van der Waals surface area contributed by atoms with Gasteiger partial charge in [-0.15, -0.1) is 11.3 Å². The van der Waals surface area contributed by atoms with Crippen LogP contribution in [0.15, 0.2) is 18.2 Å². The van der Waals surface area contributed by atoms with Gasteiger partial charge in [-0.05, 0) is 30.4 Å². The van der Waals surface area contributed by atoms with Crippen LogP contribution in [0.2, 0.25) is 0 Å². The minimum Gasteiger partial charge on any atom is -0.166 e. The summed E-state index contributed by atoms with van der Waals surface area (Å²) < 4.78 is 39.3. The van der Waals surface area contributed by atoms with Gasteiger partial charge in [0.1, 0.15) is 0 Å². The predicted molar refractivity (Wildman–Crippen MR) is 65.6 cm³/mol. The lowest BCUT2D eigenvalue weighted by Crippen LogP contribution is -2.07. The molecular weight excluding hydrogens is 245 g/mol. The second-order valence-corrected chi connectivity index (χ2v) is 5.27. The normalized spacial score (nSPS) is 12.3. The maximum atomic E-state index is 13.0. The molecule has 0 atom stereocenters. The Labute approximate surface area is 102 Å². The standard InChI is InChI=1S/C13H13F3S/c1-3-4-10-7-9-6-5-8(2)11(12(9)17-10)13(14,15)16/h5-7H,3-4H2,1-2H3. The van der Waals surface area contributed by atoms with Gasteiger partial charge in [-0.3, -0.25) is 0 Å². The van der Waals surface area contributed by atoms with E-state index >= 15 is 0 Å². The molecule has 1 aromatic heterocycles. The molecule has 0 fully saturated rings. The van der Waals surface area contributed by atoms with Gasteiger partial charge in [-0.25, -0.2) is 0 Å². The molecule has 0 saturated heterocycles. The molecule has 0 bridgehead atoms. The molecule has 17 heavy (non-hydrogen) atoms. The predicted octanol–water partition coefficient (Wildman–Crippen LogP) is 5.18. The number of alkyl halides is 3. The SMILES string of the molecule is CCCc1cc2ccc(C)c(C(F)(F)F)c2s1. The quantitative estimate of drug-likeness (QED) is 0.696. The van der Waals surface area contributed by atoms with E-state index < -0.39 is 11.7 Å². The van der Waals surface area contributed by atoms with Crippen LogP contribution in [0, 0.1) is 6.92 Å². The Morgan fingerprint density at radius 3 is 2.53 bits per heavy atom. The van der Waals surface area contributed by atoms with Crippen LogP contribution >= 0.6 is 11.3 Å². The molecule has 4 heteroatoms. The van der Waals surface area contributed by atoms with Crippen LogP contribution in [-0.4, -0.2) is 0 Å². The number of fused-ring (bicyclic) bond motifs is 1. The van der Waals surface area contributed by atoms with Crippen LogP contribution in [0.5, 0.6) is 0 Å². The summed E-state index contributed by atoms with van der Waals surface area (Å²) in [6.45, 7) is 3.54. The summed E-state index contributed by atoms with van der Waals surface area (Å²) >= 11 is 1.27. The first kappa shape index (κ1) is 12.4. The van der Waals surface area contributed by atoms with E-state index in [9.17, 15) is 13.2 Å². The Morgan fingerprint density at radius 1 is 1.24 bits per heavy atom. The molecule has 0 aliphatic rings. The first-order valence-electron chi connectivity index (χ1n) is 5.52. The fraction of sp³-hybridized carbons (Fsp3) is 0.385. The van der Waals surface area contributed by atoms with Crippen molar-refractivity contribution in [3.05, 3.63) is 34.2 Å². The van der Waals surface area contributed by atoms with Crippen LogP contribution in [-0.2, 0) is 12.6 Å². The van der Waals surface area contributed by atoms with E-state index in [1.165, 1.54) is 18.3 Å². The lowest BCUT2D eigenvalue weighted by molar-refractivity contribution is -0.136. The molecule has 0 spiro atoms. The van der Waals surface area contributed by atoms with Crippen molar-refractivity contribution in [1.82, 2.24) is 0 Å². The summed E-state index contributed by atoms with van der Waals surface area (Å²) in [7, 11) is 0. The molecular formula is C13H13F3S. The van der Waals surface area contributed by atoms with Crippen molar-refractivity contribution in [2.24, 2.45) is 0 Å². The number of aryl methyl sites for hydroxylation is 2. The summed E-state index contributed by atoms with van der Waals surface area (Å²) in [5.41, 5.74) is -0.169. The maximum absolute atomic E-state index is 13.0. The minimum absolute atomic E-state index is 0.301. The smallest absolute Gasteiger partial charge is 0.166 e. The summed E-state index contributed by atoms with van der Waals surface area (Å²) in [4.78, 5) is 1.03. The monoisotopic (exact) mass is 258 g/mol. The lowest BCUT2D eigenvalue weighted by atomic mass is 10.1. The van der Waals surface area contributed by atoms with Crippen molar-refractivity contribution in [2.45, 2.75) is 32.9 Å². The molecule has 0 amide bonds. The van der Waals surface area contributed by atoms with Crippen LogP contribution in [0.1, 0.15) is 29.3 Å². The molecule has 0 N–H and O–H groups in total. The molecule has 0 aliphatic carbocycles. The Kier molecular flexibility index (Phi) is 3.17. The fourth-order valence-corrected chi connectivity index (χ4v) is 3.35. The highest BCUT2D eigenvalue weighted by Gasteiger charge is 2.35. The minimum atomic E-state index is -4.27. The third-order valence-electron chi connectivity index (χ3n) is 2.73. The summed E-state index contributed by atoms with van der Waals surface area (Å²) in [6, 6.07) is 5.20. The van der Waals surface area contributed by atoms with Gasteiger partial charge in [0.15, 0.2) is 0 Å². The summed E-state index contributed by atoms with van der Waals surface area (Å²) in [6.07, 6.45) is -2.47. The Hall–Kier alpha value is -1.03. The van der Waals surface area contributed by atoms with Crippen LogP contribution in [0.25, 0.3) is 10.1 Å². The van der Waals surface area contributed by atoms with Crippen molar-refractivity contribution >= 4 is 21.4 Å². The topological polar surface area (TPSA) is 0 Å². The van der Waals surface area contributed by atoms with Gasteiger partial charge >= 0.3 is 6.18 Å². The lowest BCUT2D eigenvalue weighted by Gasteiger charge is -2.10. The first-order valence-corrected chi connectivity index (χ1v) is 6.34. The zero-order valence-electron chi connectivity index (χ0n) is 9.69. The van der Waals surface area contributed by atoms with E-state index in [1.807, 2.05) is 13.0 Å². The highest BCUT2D eigenvalue weighted by molar-refractivity contribution is 7.19. The number of benzene rings is 1. The third kappa shape index (κ3) is 2.32. The van der Waals surface area contributed by atoms with Gasteiger partial charge in [0.25, 0.3) is 0 Å². The molecule has 1 aromatic carbocycles. The van der Waals surface area contributed by atoms with E-state index in [2.05, 4.69) is 0 Å². The number of halogens is 3. The van der Waals surface area contributed by atoms with Crippen molar-refractivity contribution in [1.29, 1.82) is 0 Å². The number of rotatable bonds is 2. The second-order valence-electron chi connectivity index (χ2n) is 4.14. The average Bonchev–Trinajstić information content (AvgIpc) is 2.58. The number of hydrogen-bond acceptors (Lipinski definition) is 1. The van der Waals surface area contributed by atoms with Gasteiger partial charge in [0, 0.05) is 9.58 Å². The second kappa shape index (κ2) is 4.33. The van der Waals surface area contributed by atoms with E-state index in [4.69, 9.17) is 0 Å². The summed E-state index contributed by atoms with van der Waals surface area (Å²) in [5, 5.41) is 0.705. The molecule has 1 heterocycles. The van der Waals surface area contributed by atoms with Gasteiger partial charge in [0.05, 0.1) is 5.56 Å². The Morgan fingerprint density at radius 2 is 1.94 bits per heavy atom. The number of hydrogen-bond donors (Lipinski definition) is 0. The number of thiophene rings is 1. The van der Waals surface area contributed by atoms with Crippen LogP contribution in [0.3, 0.4) is 0 Å². The van der Waals surface area contributed by atoms with Crippen molar-refractivity contribution < 1.29 is 13.2 Å². The van der Waals surface area contributed by atoms with Crippen molar-refractivity contribution in [3.8, 4) is 0 Å². The fourth-order valence-electron chi connectivity index (χ4n) is 1.98. The van der Waals surface area contributed by atoms with Gasteiger partial charge in [-0.2, -0.15) is 13.2 Å². The highest BCUT2D eigenvalue weighted by Crippen LogP contribution is 2.40. The van der Waals surface area contributed by atoms with Crippen molar-refractivity contribution in [2.75, 3.05) is 0 Å². The third-order valence-corrected chi connectivity index (χ3v) is 3.95. The van der Waals surface area contributed by atoms with E-state index in [0.717, 1.165) is 17.7 Å². The Bertz CT molecular complexity index is 537. The average molecular weight is 258 g/mol. The zero-order chi connectivity index (χ0) is 12.6. The molecule has 2 aromatic rings. The maximum Gasteiger partial charge on any atom is 0.418 e. The van der Waals surface area contributed by atoms with Crippen LogP contribution in [0.4, 0.5) is 13.2 Å². The molecule has 0 saturated carbocycles.